The van der Waals surface area contributed by atoms with Crippen molar-refractivity contribution >= 4 is 17.3 Å². The predicted octanol–water partition coefficient (Wildman–Crippen LogP) is 3.62. The second-order valence-corrected chi connectivity index (χ2v) is 4.74. The highest BCUT2D eigenvalue weighted by atomic mass is 35.5. The lowest BCUT2D eigenvalue weighted by atomic mass is 10.2. The molecule has 20 heavy (non-hydrogen) atoms. The van der Waals surface area contributed by atoms with Crippen LogP contribution in [0.25, 0.3) is 0 Å². The number of hydrogen-bond donors (Lipinski definition) is 1. The molecule has 0 fully saturated rings. The molecule has 1 aromatic carbocycles. The van der Waals surface area contributed by atoms with Crippen LogP contribution in [-0.2, 0) is 13.1 Å². The molecule has 0 atom stereocenters. The number of benzene rings is 1. The summed E-state index contributed by atoms with van der Waals surface area (Å²) >= 11 is 6.24. The molecule has 0 aliphatic rings. The maximum absolute atomic E-state index is 13.1. The van der Waals surface area contributed by atoms with Crippen LogP contribution in [0.4, 0.5) is 10.1 Å². The third-order valence-corrected chi connectivity index (χ3v) is 3.55. The number of rotatable bonds is 5. The maximum atomic E-state index is 13.1. The van der Waals surface area contributed by atoms with Gasteiger partial charge in [0.15, 0.2) is 0 Å². The number of ether oxygens (including phenoxy) is 1. The molecule has 108 valence electrons. The second kappa shape index (κ2) is 6.13. The lowest BCUT2D eigenvalue weighted by Crippen LogP contribution is -2.09. The molecule has 0 amide bonds. The summed E-state index contributed by atoms with van der Waals surface area (Å²) in [6.07, 6.45) is 0. The number of halogens is 2. The molecule has 1 N–H and O–H groups in total. The van der Waals surface area contributed by atoms with Gasteiger partial charge in [-0.3, -0.25) is 4.68 Å². The minimum atomic E-state index is -0.333. The zero-order valence-corrected chi connectivity index (χ0v) is 12.5. The molecule has 2 aromatic rings. The van der Waals surface area contributed by atoms with E-state index in [4.69, 9.17) is 16.3 Å². The first-order chi connectivity index (χ1) is 9.56. The van der Waals surface area contributed by atoms with Crippen molar-refractivity contribution in [2.24, 2.45) is 0 Å². The van der Waals surface area contributed by atoms with Crippen molar-refractivity contribution in [3.63, 3.8) is 0 Å². The van der Waals surface area contributed by atoms with Crippen LogP contribution < -0.4 is 10.1 Å². The maximum Gasteiger partial charge on any atom is 0.144 e. The van der Waals surface area contributed by atoms with Crippen molar-refractivity contribution < 1.29 is 9.13 Å². The van der Waals surface area contributed by atoms with E-state index >= 15 is 0 Å². The Morgan fingerprint density at radius 2 is 2.20 bits per heavy atom. The number of methoxy groups -OCH3 is 1. The van der Waals surface area contributed by atoms with E-state index in [1.165, 1.54) is 19.2 Å². The molecule has 0 unspecified atom stereocenters. The summed E-state index contributed by atoms with van der Waals surface area (Å²) in [5.41, 5.74) is 2.42. The summed E-state index contributed by atoms with van der Waals surface area (Å²) < 4.78 is 20.1. The van der Waals surface area contributed by atoms with E-state index in [9.17, 15) is 4.39 Å². The molecular formula is C14H17ClFN3O. The molecule has 6 heteroatoms. The molecule has 0 aliphatic heterocycles. The minimum Gasteiger partial charge on any atom is -0.494 e. The number of nitrogens with zero attached hydrogens (tertiary/aromatic N) is 2. The third-order valence-electron chi connectivity index (χ3n) is 3.06. The summed E-state index contributed by atoms with van der Waals surface area (Å²) in [6.45, 7) is 5.11. The Balaban J connectivity index is 2.21. The van der Waals surface area contributed by atoms with E-state index in [-0.39, 0.29) is 5.82 Å². The monoisotopic (exact) mass is 297 g/mol. The standard InChI is InChI=1S/C14H17ClFN3O/c1-4-19-12(14(15)9(2)18-19)8-17-11-6-5-10(16)7-13(11)20-3/h5-7,17H,4,8H2,1-3H3. The van der Waals surface area contributed by atoms with Gasteiger partial charge in [-0.2, -0.15) is 5.10 Å². The van der Waals surface area contributed by atoms with E-state index in [0.29, 0.717) is 23.0 Å². The lowest BCUT2D eigenvalue weighted by Gasteiger charge is -2.12. The lowest BCUT2D eigenvalue weighted by molar-refractivity contribution is 0.413. The van der Waals surface area contributed by atoms with Gasteiger partial charge < -0.3 is 10.1 Å². The topological polar surface area (TPSA) is 39.1 Å². The molecule has 1 aromatic heterocycles. The first-order valence-corrected chi connectivity index (χ1v) is 6.73. The highest BCUT2D eigenvalue weighted by Crippen LogP contribution is 2.27. The number of aromatic nitrogens is 2. The zero-order valence-electron chi connectivity index (χ0n) is 11.7. The van der Waals surface area contributed by atoms with Crippen LogP contribution in [0.5, 0.6) is 5.75 Å². The quantitative estimate of drug-likeness (QED) is 0.916. The van der Waals surface area contributed by atoms with Gasteiger partial charge in [-0.05, 0) is 26.0 Å². The van der Waals surface area contributed by atoms with Crippen LogP contribution in [0.3, 0.4) is 0 Å². The first kappa shape index (κ1) is 14.7. The Labute approximate surface area is 122 Å². The molecule has 0 radical (unpaired) electrons. The molecule has 0 aliphatic carbocycles. The van der Waals surface area contributed by atoms with Crippen molar-refractivity contribution in [1.29, 1.82) is 0 Å². The van der Waals surface area contributed by atoms with Crippen molar-refractivity contribution in [1.82, 2.24) is 9.78 Å². The Morgan fingerprint density at radius 1 is 1.45 bits per heavy atom. The van der Waals surface area contributed by atoms with Gasteiger partial charge in [-0.25, -0.2) is 4.39 Å². The molecule has 2 rings (SSSR count). The number of hydrogen-bond acceptors (Lipinski definition) is 3. The second-order valence-electron chi connectivity index (χ2n) is 4.36. The molecule has 0 saturated heterocycles. The fraction of sp³-hybridized carbons (Fsp3) is 0.357. The highest BCUT2D eigenvalue weighted by molar-refractivity contribution is 6.31. The normalized spacial score (nSPS) is 10.7. The smallest absolute Gasteiger partial charge is 0.144 e. The van der Waals surface area contributed by atoms with E-state index in [1.54, 1.807) is 6.07 Å². The summed E-state index contributed by atoms with van der Waals surface area (Å²) in [4.78, 5) is 0. The fourth-order valence-electron chi connectivity index (χ4n) is 2.03. The molecule has 4 nitrogen and oxygen atoms in total. The van der Waals surface area contributed by atoms with Crippen LogP contribution in [0.2, 0.25) is 5.02 Å². The summed E-state index contributed by atoms with van der Waals surface area (Å²) in [5.74, 6) is 0.125. The molecular weight excluding hydrogens is 281 g/mol. The minimum absolute atomic E-state index is 0.333. The third kappa shape index (κ3) is 2.88. The van der Waals surface area contributed by atoms with Gasteiger partial charge in [0.1, 0.15) is 11.6 Å². The van der Waals surface area contributed by atoms with Crippen molar-refractivity contribution in [2.75, 3.05) is 12.4 Å². The largest absolute Gasteiger partial charge is 0.494 e. The summed E-state index contributed by atoms with van der Waals surface area (Å²) in [7, 11) is 1.51. The number of nitrogens with one attached hydrogen (secondary N) is 1. The van der Waals surface area contributed by atoms with Gasteiger partial charge >= 0.3 is 0 Å². The predicted molar refractivity (Wildman–Crippen MR) is 77.9 cm³/mol. The molecule has 0 saturated carbocycles. The Kier molecular flexibility index (Phi) is 4.49. The zero-order chi connectivity index (χ0) is 14.7. The highest BCUT2D eigenvalue weighted by Gasteiger charge is 2.13. The molecule has 0 bridgehead atoms. The van der Waals surface area contributed by atoms with Gasteiger partial charge in [0.25, 0.3) is 0 Å². The van der Waals surface area contributed by atoms with Gasteiger partial charge in [-0.1, -0.05) is 11.6 Å². The van der Waals surface area contributed by atoms with Crippen molar-refractivity contribution in [3.05, 3.63) is 40.4 Å². The SMILES string of the molecule is CCn1nc(C)c(Cl)c1CNc1ccc(F)cc1OC. The van der Waals surface area contributed by atoms with Gasteiger partial charge in [0.05, 0.1) is 35.8 Å². The Morgan fingerprint density at radius 3 is 2.85 bits per heavy atom. The van der Waals surface area contributed by atoms with Gasteiger partial charge in [0, 0.05) is 12.6 Å². The van der Waals surface area contributed by atoms with Crippen molar-refractivity contribution in [2.45, 2.75) is 26.9 Å². The van der Waals surface area contributed by atoms with Gasteiger partial charge in [-0.15, -0.1) is 0 Å². The number of aryl methyl sites for hydroxylation is 2. The van der Waals surface area contributed by atoms with Crippen LogP contribution in [-0.4, -0.2) is 16.9 Å². The van der Waals surface area contributed by atoms with E-state index in [1.807, 2.05) is 18.5 Å². The Hall–Kier alpha value is -1.75. The van der Waals surface area contributed by atoms with Crippen LogP contribution in [0, 0.1) is 12.7 Å². The van der Waals surface area contributed by atoms with Crippen molar-refractivity contribution in [3.8, 4) is 5.75 Å². The van der Waals surface area contributed by atoms with E-state index in [2.05, 4.69) is 10.4 Å². The molecule has 1 heterocycles. The average Bonchev–Trinajstić information content (AvgIpc) is 2.72. The average molecular weight is 298 g/mol. The first-order valence-electron chi connectivity index (χ1n) is 6.36. The summed E-state index contributed by atoms with van der Waals surface area (Å²) in [6, 6.07) is 4.36. The Bertz CT molecular complexity index is 613. The van der Waals surface area contributed by atoms with E-state index in [0.717, 1.165) is 17.9 Å². The molecule has 0 spiro atoms. The van der Waals surface area contributed by atoms with Gasteiger partial charge in [0.2, 0.25) is 0 Å². The van der Waals surface area contributed by atoms with Crippen LogP contribution in [0.1, 0.15) is 18.3 Å². The number of anilines is 1. The van der Waals surface area contributed by atoms with Crippen LogP contribution >= 0.6 is 11.6 Å². The fourth-order valence-corrected chi connectivity index (χ4v) is 2.23. The van der Waals surface area contributed by atoms with E-state index < -0.39 is 0 Å². The van der Waals surface area contributed by atoms with Crippen LogP contribution in [0.15, 0.2) is 18.2 Å². The summed E-state index contributed by atoms with van der Waals surface area (Å²) in [5, 5.41) is 8.20.